The lowest BCUT2D eigenvalue weighted by molar-refractivity contribution is 0.668. The first kappa shape index (κ1) is 28.0. The van der Waals surface area contributed by atoms with Gasteiger partial charge in [0.05, 0.1) is 22.1 Å². The fourth-order valence-electron chi connectivity index (χ4n) is 8.10. The Morgan fingerprint density at radius 2 is 0.804 bits per heavy atom. The van der Waals surface area contributed by atoms with E-state index in [9.17, 15) is 0 Å². The molecule has 0 spiro atoms. The van der Waals surface area contributed by atoms with Gasteiger partial charge >= 0.3 is 0 Å². The maximum absolute atomic E-state index is 6.38. The molecule has 9 aromatic carbocycles. The molecule has 238 valence electrons. The SMILES string of the molecule is c1ccc2c(c1)ccc1ccc3ccc(-c4ccc(N(c5cccc6oc7ccccc7c56)c5cccc6oc7ccccc7c56)cc4)cc3c12. The van der Waals surface area contributed by atoms with Crippen LogP contribution in [0.5, 0.6) is 0 Å². The molecule has 0 radical (unpaired) electrons. The summed E-state index contributed by atoms with van der Waals surface area (Å²) >= 11 is 0. The van der Waals surface area contributed by atoms with Crippen LogP contribution in [0, 0.1) is 0 Å². The van der Waals surface area contributed by atoms with Gasteiger partial charge in [0.2, 0.25) is 0 Å². The van der Waals surface area contributed by atoms with Crippen molar-refractivity contribution in [3.05, 3.63) is 176 Å². The highest BCUT2D eigenvalue weighted by atomic mass is 16.3. The molecule has 0 unspecified atom stereocenters. The Balaban J connectivity index is 1.13. The van der Waals surface area contributed by atoms with Crippen molar-refractivity contribution in [3.8, 4) is 11.1 Å². The number of furan rings is 2. The molecule has 2 heterocycles. The van der Waals surface area contributed by atoms with Crippen molar-refractivity contribution < 1.29 is 8.83 Å². The predicted molar refractivity (Wildman–Crippen MR) is 214 cm³/mol. The van der Waals surface area contributed by atoms with Gasteiger partial charge in [-0.3, -0.25) is 0 Å². The Morgan fingerprint density at radius 3 is 1.45 bits per heavy atom. The van der Waals surface area contributed by atoms with Crippen LogP contribution >= 0.6 is 0 Å². The third-order valence-corrected chi connectivity index (χ3v) is 10.4. The van der Waals surface area contributed by atoms with Crippen LogP contribution in [0.3, 0.4) is 0 Å². The first-order valence-corrected chi connectivity index (χ1v) is 17.3. The summed E-state index contributed by atoms with van der Waals surface area (Å²) in [4.78, 5) is 2.36. The highest BCUT2D eigenvalue weighted by Gasteiger charge is 2.23. The summed E-state index contributed by atoms with van der Waals surface area (Å²) in [7, 11) is 0. The van der Waals surface area contributed by atoms with E-state index in [0.717, 1.165) is 66.5 Å². The molecule has 0 fully saturated rings. The minimum Gasteiger partial charge on any atom is -0.456 e. The number of benzene rings is 9. The van der Waals surface area contributed by atoms with E-state index in [1.807, 2.05) is 24.3 Å². The fourth-order valence-corrected chi connectivity index (χ4v) is 8.10. The maximum atomic E-state index is 6.38. The van der Waals surface area contributed by atoms with Gasteiger partial charge in [0.25, 0.3) is 0 Å². The zero-order chi connectivity index (χ0) is 33.5. The minimum absolute atomic E-state index is 0.857. The summed E-state index contributed by atoms with van der Waals surface area (Å²) < 4.78 is 12.8. The summed E-state index contributed by atoms with van der Waals surface area (Å²) in [5.41, 5.74) is 8.96. The highest BCUT2D eigenvalue weighted by Crippen LogP contribution is 2.47. The van der Waals surface area contributed by atoms with Crippen LogP contribution in [-0.4, -0.2) is 0 Å². The molecular formula is C48H29NO2. The van der Waals surface area contributed by atoms with Crippen LogP contribution in [0.1, 0.15) is 0 Å². The van der Waals surface area contributed by atoms with Gasteiger partial charge in [-0.2, -0.15) is 0 Å². The van der Waals surface area contributed by atoms with Crippen molar-refractivity contribution in [2.45, 2.75) is 0 Å². The molecule has 2 aromatic heterocycles. The van der Waals surface area contributed by atoms with Crippen LogP contribution in [0.4, 0.5) is 17.1 Å². The van der Waals surface area contributed by atoms with Crippen molar-refractivity contribution in [2.75, 3.05) is 4.90 Å². The fraction of sp³-hybridized carbons (Fsp3) is 0. The molecule has 0 aliphatic rings. The second-order valence-electron chi connectivity index (χ2n) is 13.3. The Labute approximate surface area is 293 Å². The number of rotatable bonds is 4. The lowest BCUT2D eigenvalue weighted by Crippen LogP contribution is -2.10. The van der Waals surface area contributed by atoms with Gasteiger partial charge in [0, 0.05) is 16.5 Å². The molecule has 0 saturated heterocycles. The maximum Gasteiger partial charge on any atom is 0.137 e. The van der Waals surface area contributed by atoms with Gasteiger partial charge in [-0.05, 0) is 98.0 Å². The number of para-hydroxylation sites is 2. The smallest absolute Gasteiger partial charge is 0.137 e. The normalized spacial score (nSPS) is 11.9. The highest BCUT2D eigenvalue weighted by molar-refractivity contribution is 6.21. The van der Waals surface area contributed by atoms with E-state index in [4.69, 9.17) is 8.83 Å². The predicted octanol–water partition coefficient (Wildman–Crippen LogP) is 14.1. The van der Waals surface area contributed by atoms with Crippen LogP contribution in [0.2, 0.25) is 0 Å². The van der Waals surface area contributed by atoms with Crippen molar-refractivity contribution in [1.82, 2.24) is 0 Å². The number of fused-ring (bicyclic) bond motifs is 11. The lowest BCUT2D eigenvalue weighted by atomic mass is 9.94. The van der Waals surface area contributed by atoms with E-state index in [1.54, 1.807) is 0 Å². The molecular weight excluding hydrogens is 623 g/mol. The molecule has 0 saturated carbocycles. The molecule has 0 bridgehead atoms. The first-order valence-electron chi connectivity index (χ1n) is 17.3. The van der Waals surface area contributed by atoms with Gasteiger partial charge in [0.1, 0.15) is 22.3 Å². The van der Waals surface area contributed by atoms with Gasteiger partial charge in [0.15, 0.2) is 0 Å². The summed E-state index contributed by atoms with van der Waals surface area (Å²) in [6.45, 7) is 0. The second kappa shape index (κ2) is 10.8. The Hall–Kier alpha value is -6.84. The Kier molecular flexibility index (Phi) is 5.96. The first-order chi connectivity index (χ1) is 25.3. The molecule has 0 atom stereocenters. The van der Waals surface area contributed by atoms with E-state index in [2.05, 4.69) is 157 Å². The molecule has 3 nitrogen and oxygen atoms in total. The average molecular weight is 652 g/mol. The average Bonchev–Trinajstić information content (AvgIpc) is 3.77. The van der Waals surface area contributed by atoms with Gasteiger partial charge < -0.3 is 13.7 Å². The molecule has 3 heteroatoms. The largest absolute Gasteiger partial charge is 0.456 e. The summed E-state index contributed by atoms with van der Waals surface area (Å²) in [5.74, 6) is 0. The van der Waals surface area contributed by atoms with Gasteiger partial charge in [-0.1, -0.05) is 121 Å². The van der Waals surface area contributed by atoms with E-state index < -0.39 is 0 Å². The molecule has 11 rings (SSSR count). The van der Waals surface area contributed by atoms with Crippen LogP contribution < -0.4 is 4.90 Å². The number of nitrogens with zero attached hydrogens (tertiary/aromatic N) is 1. The molecule has 0 aliphatic carbocycles. The Morgan fingerprint density at radius 1 is 0.314 bits per heavy atom. The van der Waals surface area contributed by atoms with E-state index in [0.29, 0.717) is 0 Å². The minimum atomic E-state index is 0.857. The van der Waals surface area contributed by atoms with E-state index >= 15 is 0 Å². The summed E-state index contributed by atoms with van der Waals surface area (Å²) in [6.07, 6.45) is 0. The van der Waals surface area contributed by atoms with Crippen molar-refractivity contribution in [1.29, 1.82) is 0 Å². The number of anilines is 3. The molecule has 11 aromatic rings. The van der Waals surface area contributed by atoms with Gasteiger partial charge in [-0.15, -0.1) is 0 Å². The second-order valence-corrected chi connectivity index (χ2v) is 13.3. The summed E-state index contributed by atoms with van der Waals surface area (Å²) in [6, 6.07) is 62.6. The van der Waals surface area contributed by atoms with Crippen LogP contribution in [-0.2, 0) is 0 Å². The molecule has 51 heavy (non-hydrogen) atoms. The molecule has 0 N–H and O–H groups in total. The standard InChI is InChI=1S/C48H29NO2/c1-2-10-36-31(9-1)19-22-33-23-20-32-21-24-34(29-39(32)46(33)36)30-25-27-35(28-26-30)49(40-13-7-17-44-47(40)37-11-3-5-15-42(37)50-44)41-14-8-18-45-48(41)38-12-4-6-16-43(38)51-45/h1-29H. The number of hydrogen-bond donors (Lipinski definition) is 0. The monoisotopic (exact) mass is 651 g/mol. The lowest BCUT2D eigenvalue weighted by Gasteiger charge is -2.27. The van der Waals surface area contributed by atoms with E-state index in [1.165, 1.54) is 37.9 Å². The summed E-state index contributed by atoms with van der Waals surface area (Å²) in [5, 5.41) is 11.9. The topological polar surface area (TPSA) is 29.5 Å². The van der Waals surface area contributed by atoms with Crippen molar-refractivity contribution in [2.24, 2.45) is 0 Å². The third-order valence-electron chi connectivity index (χ3n) is 10.4. The van der Waals surface area contributed by atoms with Gasteiger partial charge in [-0.25, -0.2) is 0 Å². The number of hydrogen-bond acceptors (Lipinski definition) is 3. The zero-order valence-electron chi connectivity index (χ0n) is 27.5. The Bertz CT molecular complexity index is 3030. The van der Waals surface area contributed by atoms with Crippen LogP contribution in [0.25, 0.3) is 87.3 Å². The zero-order valence-corrected chi connectivity index (χ0v) is 27.5. The molecule has 0 amide bonds. The third kappa shape index (κ3) is 4.25. The van der Waals surface area contributed by atoms with Crippen LogP contribution in [0.15, 0.2) is 185 Å². The molecule has 0 aliphatic heterocycles. The quantitative estimate of drug-likeness (QED) is 0.177. The van der Waals surface area contributed by atoms with E-state index in [-0.39, 0.29) is 0 Å². The van der Waals surface area contributed by atoms with Crippen molar-refractivity contribution in [3.63, 3.8) is 0 Å². The van der Waals surface area contributed by atoms with Crippen molar-refractivity contribution >= 4 is 93.3 Å².